The molecule has 0 saturated heterocycles. The maximum atomic E-state index is 14.1. The molecule has 0 aliphatic carbocycles. The molecule has 0 bridgehead atoms. The minimum atomic E-state index is -0.879. The number of hydrazine groups is 1. The first-order valence-corrected chi connectivity index (χ1v) is 5.94. The minimum absolute atomic E-state index is 0.157. The van der Waals surface area contributed by atoms with Gasteiger partial charge in [0.25, 0.3) is 0 Å². The Labute approximate surface area is 114 Å². The van der Waals surface area contributed by atoms with Crippen LogP contribution in [-0.2, 0) is 0 Å². The summed E-state index contributed by atoms with van der Waals surface area (Å²) in [5.41, 5.74) is 3.03. The maximum absolute atomic E-state index is 14.1. The van der Waals surface area contributed by atoms with Gasteiger partial charge < -0.3 is 0 Å². The molecular weight excluding hydrogens is 272 g/mol. The molecule has 0 aliphatic heterocycles. The summed E-state index contributed by atoms with van der Waals surface area (Å²) in [6.45, 7) is 1.56. The summed E-state index contributed by atoms with van der Waals surface area (Å²) in [7, 11) is 0. The molecule has 6 heteroatoms. The van der Waals surface area contributed by atoms with E-state index < -0.39 is 17.7 Å². The molecule has 2 rings (SSSR count). The van der Waals surface area contributed by atoms with Gasteiger partial charge in [-0.25, -0.2) is 14.2 Å². The Morgan fingerprint density at radius 3 is 2.68 bits per heavy atom. The van der Waals surface area contributed by atoms with Crippen molar-refractivity contribution < 1.29 is 8.78 Å². The van der Waals surface area contributed by atoms with Gasteiger partial charge in [-0.3, -0.25) is 10.8 Å². The summed E-state index contributed by atoms with van der Waals surface area (Å²) in [6.07, 6.45) is 2.88. The van der Waals surface area contributed by atoms with Gasteiger partial charge in [0.2, 0.25) is 0 Å². The number of pyridine rings is 1. The third-order valence-corrected chi connectivity index (χ3v) is 3.21. The topological polar surface area (TPSA) is 50.9 Å². The molecule has 1 aromatic carbocycles. The maximum Gasteiger partial charge on any atom is 0.134 e. The van der Waals surface area contributed by atoms with Crippen molar-refractivity contribution in [3.05, 3.63) is 63.9 Å². The van der Waals surface area contributed by atoms with Crippen LogP contribution < -0.4 is 11.3 Å². The van der Waals surface area contributed by atoms with Crippen LogP contribution in [0.15, 0.2) is 30.6 Å². The predicted octanol–water partition coefficient (Wildman–Crippen LogP) is 2.87. The van der Waals surface area contributed by atoms with E-state index in [1.807, 2.05) is 0 Å². The van der Waals surface area contributed by atoms with Crippen molar-refractivity contribution in [1.82, 2.24) is 10.4 Å². The second-order valence-corrected chi connectivity index (χ2v) is 4.50. The van der Waals surface area contributed by atoms with E-state index in [-0.39, 0.29) is 10.6 Å². The van der Waals surface area contributed by atoms with Gasteiger partial charge in [-0.1, -0.05) is 17.7 Å². The van der Waals surface area contributed by atoms with E-state index >= 15 is 0 Å². The van der Waals surface area contributed by atoms with Gasteiger partial charge in [0.1, 0.15) is 11.6 Å². The molecule has 3 nitrogen and oxygen atoms in total. The number of aromatic nitrogens is 1. The van der Waals surface area contributed by atoms with E-state index in [4.69, 9.17) is 17.4 Å². The number of nitrogens with one attached hydrogen (secondary N) is 1. The summed E-state index contributed by atoms with van der Waals surface area (Å²) >= 11 is 5.99. The second kappa shape index (κ2) is 5.61. The number of rotatable bonds is 3. The number of halogens is 3. The van der Waals surface area contributed by atoms with Crippen LogP contribution in [0.2, 0.25) is 5.02 Å². The summed E-state index contributed by atoms with van der Waals surface area (Å²) < 4.78 is 28.0. The highest BCUT2D eigenvalue weighted by atomic mass is 35.5. The monoisotopic (exact) mass is 283 g/mol. The first-order valence-electron chi connectivity index (χ1n) is 5.56. The highest BCUT2D eigenvalue weighted by Gasteiger charge is 2.23. The van der Waals surface area contributed by atoms with Gasteiger partial charge in [-0.05, 0) is 30.2 Å². The first kappa shape index (κ1) is 13.9. The van der Waals surface area contributed by atoms with Gasteiger partial charge in [0.05, 0.1) is 11.1 Å². The van der Waals surface area contributed by atoms with E-state index in [1.54, 1.807) is 13.0 Å². The van der Waals surface area contributed by atoms with Crippen LogP contribution >= 0.6 is 11.6 Å². The molecule has 0 aliphatic rings. The molecule has 0 fully saturated rings. The summed E-state index contributed by atoms with van der Waals surface area (Å²) in [4.78, 5) is 3.83. The Kier molecular flexibility index (Phi) is 4.09. The average molecular weight is 284 g/mol. The zero-order chi connectivity index (χ0) is 14.0. The Bertz CT molecular complexity index is 604. The van der Waals surface area contributed by atoms with Gasteiger partial charge in [-0.2, -0.15) is 0 Å². The minimum Gasteiger partial charge on any atom is -0.271 e. The lowest BCUT2D eigenvalue weighted by Gasteiger charge is -2.20. The fourth-order valence-electron chi connectivity index (χ4n) is 1.89. The van der Waals surface area contributed by atoms with Crippen molar-refractivity contribution in [3.8, 4) is 0 Å². The number of benzene rings is 1. The van der Waals surface area contributed by atoms with E-state index in [1.165, 1.54) is 24.5 Å². The van der Waals surface area contributed by atoms with Crippen LogP contribution in [-0.4, -0.2) is 4.98 Å². The Balaban J connectivity index is 2.61. The van der Waals surface area contributed by atoms with Gasteiger partial charge in [-0.15, -0.1) is 0 Å². The average Bonchev–Trinajstić information content (AvgIpc) is 2.40. The third-order valence-electron chi connectivity index (χ3n) is 2.89. The summed E-state index contributed by atoms with van der Waals surface area (Å²) in [5.74, 6) is 4.11. The van der Waals surface area contributed by atoms with Crippen LogP contribution in [0, 0.1) is 18.6 Å². The molecular formula is C13H12ClF2N3. The van der Waals surface area contributed by atoms with Crippen LogP contribution in [0.5, 0.6) is 0 Å². The lowest BCUT2D eigenvalue weighted by molar-refractivity contribution is 0.506. The molecule has 1 heterocycles. The number of nitrogens with zero attached hydrogens (tertiary/aromatic N) is 1. The van der Waals surface area contributed by atoms with Crippen molar-refractivity contribution in [2.24, 2.45) is 5.84 Å². The summed E-state index contributed by atoms with van der Waals surface area (Å²) in [6, 6.07) is 3.26. The zero-order valence-corrected chi connectivity index (χ0v) is 10.9. The Morgan fingerprint density at radius 2 is 2.05 bits per heavy atom. The van der Waals surface area contributed by atoms with Crippen molar-refractivity contribution in [1.29, 1.82) is 0 Å². The summed E-state index contributed by atoms with van der Waals surface area (Å²) in [5, 5.41) is 0.283. The highest BCUT2D eigenvalue weighted by Crippen LogP contribution is 2.31. The van der Waals surface area contributed by atoms with Crippen molar-refractivity contribution in [2.75, 3.05) is 0 Å². The molecule has 1 atom stereocenters. The first-order chi connectivity index (χ1) is 9.06. The van der Waals surface area contributed by atoms with E-state index in [0.717, 1.165) is 0 Å². The van der Waals surface area contributed by atoms with Crippen LogP contribution in [0.3, 0.4) is 0 Å². The molecule has 1 unspecified atom stereocenters. The number of hydrogen-bond donors (Lipinski definition) is 2. The molecule has 19 heavy (non-hydrogen) atoms. The van der Waals surface area contributed by atoms with Crippen LogP contribution in [0.25, 0.3) is 0 Å². The molecule has 2 aromatic rings. The van der Waals surface area contributed by atoms with Crippen molar-refractivity contribution in [2.45, 2.75) is 13.0 Å². The molecule has 3 N–H and O–H groups in total. The second-order valence-electron chi connectivity index (χ2n) is 4.09. The molecule has 1 aromatic heterocycles. The molecule has 0 radical (unpaired) electrons. The SMILES string of the molecule is Cc1ccc(F)c(C(NN)c2ccncc2Cl)c1F. The zero-order valence-electron chi connectivity index (χ0n) is 10.1. The lowest BCUT2D eigenvalue weighted by atomic mass is 9.97. The molecule has 0 amide bonds. The van der Waals surface area contributed by atoms with E-state index in [2.05, 4.69) is 10.4 Å². The van der Waals surface area contributed by atoms with Crippen LogP contribution in [0.1, 0.15) is 22.7 Å². The number of nitrogens with two attached hydrogens (primary N) is 1. The normalized spacial score (nSPS) is 12.5. The molecule has 0 saturated carbocycles. The Morgan fingerprint density at radius 1 is 1.32 bits per heavy atom. The lowest BCUT2D eigenvalue weighted by Crippen LogP contribution is -2.30. The third kappa shape index (κ3) is 2.58. The highest BCUT2D eigenvalue weighted by molar-refractivity contribution is 6.31. The van der Waals surface area contributed by atoms with E-state index in [0.29, 0.717) is 11.1 Å². The number of aryl methyl sites for hydroxylation is 1. The smallest absolute Gasteiger partial charge is 0.134 e. The number of hydrogen-bond acceptors (Lipinski definition) is 3. The predicted molar refractivity (Wildman–Crippen MR) is 69.5 cm³/mol. The molecule has 0 spiro atoms. The van der Waals surface area contributed by atoms with E-state index in [9.17, 15) is 8.78 Å². The fraction of sp³-hybridized carbons (Fsp3) is 0.154. The van der Waals surface area contributed by atoms with Gasteiger partial charge in [0, 0.05) is 18.0 Å². The fourth-order valence-corrected chi connectivity index (χ4v) is 2.12. The van der Waals surface area contributed by atoms with Gasteiger partial charge >= 0.3 is 0 Å². The van der Waals surface area contributed by atoms with Crippen LogP contribution in [0.4, 0.5) is 8.78 Å². The quantitative estimate of drug-likeness (QED) is 0.673. The Hall–Kier alpha value is -1.56. The van der Waals surface area contributed by atoms with Gasteiger partial charge in [0.15, 0.2) is 0 Å². The van der Waals surface area contributed by atoms with Crippen molar-refractivity contribution in [3.63, 3.8) is 0 Å². The molecule has 100 valence electrons. The van der Waals surface area contributed by atoms with Crippen molar-refractivity contribution >= 4 is 11.6 Å². The standard InChI is InChI=1S/C13H12ClF2N3/c1-7-2-3-10(15)11(12(7)16)13(19-17)8-4-5-18-6-9(8)14/h2-6,13,19H,17H2,1H3. The largest absolute Gasteiger partial charge is 0.271 e.